The van der Waals surface area contributed by atoms with Gasteiger partial charge < -0.3 is 0 Å². The number of carbonyl (C=O) groups is 1. The van der Waals surface area contributed by atoms with E-state index < -0.39 is 5.82 Å². The lowest BCUT2D eigenvalue weighted by atomic mass is 9.97. The first-order valence-corrected chi connectivity index (χ1v) is 6.23. The van der Waals surface area contributed by atoms with Gasteiger partial charge >= 0.3 is 0 Å². The van der Waals surface area contributed by atoms with E-state index in [0.717, 1.165) is 5.75 Å². The van der Waals surface area contributed by atoms with E-state index in [-0.39, 0.29) is 16.7 Å². The fraction of sp³-hybridized carbons (Fsp3) is 0.364. The molecule has 80 valence electrons. The molecule has 1 aliphatic heterocycles. The van der Waals surface area contributed by atoms with Crippen molar-refractivity contribution in [3.05, 3.63) is 34.1 Å². The molecular weight excluding hydrogens is 235 g/mol. The molecule has 0 amide bonds. The van der Waals surface area contributed by atoms with Crippen LogP contribution in [0.1, 0.15) is 22.8 Å². The lowest BCUT2D eigenvalue weighted by Gasteiger charge is -2.08. The fourth-order valence-corrected chi connectivity index (χ4v) is 2.93. The van der Waals surface area contributed by atoms with E-state index in [1.807, 2.05) is 6.92 Å². The van der Waals surface area contributed by atoms with Crippen LogP contribution >= 0.6 is 23.4 Å². The summed E-state index contributed by atoms with van der Waals surface area (Å²) in [6.45, 7) is 1.87. The third-order valence-corrected chi connectivity index (χ3v) is 4.04. The van der Waals surface area contributed by atoms with Crippen LogP contribution < -0.4 is 0 Å². The van der Waals surface area contributed by atoms with Crippen LogP contribution in [0.5, 0.6) is 0 Å². The molecule has 0 fully saturated rings. The minimum atomic E-state index is -0.441. The van der Waals surface area contributed by atoms with Crippen LogP contribution in [0.2, 0.25) is 5.02 Å². The van der Waals surface area contributed by atoms with Crippen molar-refractivity contribution < 1.29 is 9.18 Å². The first-order chi connectivity index (χ1) is 7.11. The van der Waals surface area contributed by atoms with Gasteiger partial charge in [0.2, 0.25) is 0 Å². The summed E-state index contributed by atoms with van der Waals surface area (Å²) in [4.78, 5) is 11.9. The molecule has 0 saturated heterocycles. The van der Waals surface area contributed by atoms with E-state index in [0.29, 0.717) is 16.9 Å². The third-order valence-electron chi connectivity index (χ3n) is 2.52. The number of carbonyl (C=O) groups excluding carboxylic acids is 1. The molecule has 1 aliphatic rings. The number of Topliss-reactive ketones (excluding diaryl/α,β-unsaturated/α-hetero) is 1. The van der Waals surface area contributed by atoms with Crippen molar-refractivity contribution in [1.82, 2.24) is 0 Å². The number of rotatable bonds is 0. The van der Waals surface area contributed by atoms with Crippen molar-refractivity contribution in [2.75, 3.05) is 5.75 Å². The van der Waals surface area contributed by atoms with Crippen molar-refractivity contribution in [3.63, 3.8) is 0 Å². The maximum absolute atomic E-state index is 13.7. The van der Waals surface area contributed by atoms with E-state index in [1.54, 1.807) is 17.8 Å². The second-order valence-corrected chi connectivity index (χ2v) is 5.11. The molecule has 1 unspecified atom stereocenters. The summed E-state index contributed by atoms with van der Waals surface area (Å²) in [7, 11) is 0. The average molecular weight is 245 g/mol. The highest BCUT2D eigenvalue weighted by Gasteiger charge is 2.25. The number of thioether (sulfide) groups is 1. The number of fused-ring (bicyclic) bond motifs is 1. The minimum Gasteiger partial charge on any atom is -0.294 e. The van der Waals surface area contributed by atoms with E-state index in [9.17, 15) is 9.18 Å². The van der Waals surface area contributed by atoms with Crippen molar-refractivity contribution in [2.45, 2.75) is 12.7 Å². The molecule has 4 heteroatoms. The van der Waals surface area contributed by atoms with E-state index in [4.69, 9.17) is 11.6 Å². The van der Waals surface area contributed by atoms with Gasteiger partial charge in [-0.25, -0.2) is 4.39 Å². The van der Waals surface area contributed by atoms with Crippen molar-refractivity contribution in [1.29, 1.82) is 0 Å². The normalized spacial score (nSPS) is 21.0. The van der Waals surface area contributed by atoms with E-state index >= 15 is 0 Å². The van der Waals surface area contributed by atoms with Crippen LogP contribution in [0.25, 0.3) is 0 Å². The largest absolute Gasteiger partial charge is 0.294 e. The third kappa shape index (κ3) is 1.91. The van der Waals surface area contributed by atoms with Gasteiger partial charge in [0.1, 0.15) is 5.82 Å². The molecule has 1 heterocycles. The van der Waals surface area contributed by atoms with Gasteiger partial charge in [-0.15, -0.1) is 0 Å². The first-order valence-electron chi connectivity index (χ1n) is 4.70. The zero-order chi connectivity index (χ0) is 11.0. The molecular formula is C11H10ClFOS. The molecule has 0 saturated carbocycles. The van der Waals surface area contributed by atoms with Crippen LogP contribution in [-0.2, 0) is 5.75 Å². The Morgan fingerprint density at radius 3 is 3.00 bits per heavy atom. The van der Waals surface area contributed by atoms with Gasteiger partial charge in [-0.05, 0) is 12.1 Å². The number of benzene rings is 1. The van der Waals surface area contributed by atoms with Crippen LogP contribution in [0.4, 0.5) is 4.39 Å². The minimum absolute atomic E-state index is 0.0190. The van der Waals surface area contributed by atoms with Crippen molar-refractivity contribution >= 4 is 29.1 Å². The molecule has 2 rings (SSSR count). The SMILES string of the molecule is CC1CSCc2c(ccc(Cl)c2F)C1=O. The molecule has 0 aliphatic carbocycles. The maximum Gasteiger partial charge on any atom is 0.166 e. The summed E-state index contributed by atoms with van der Waals surface area (Å²) in [6.07, 6.45) is 0. The Balaban J connectivity index is 2.58. The molecule has 0 radical (unpaired) electrons. The molecule has 0 N–H and O–H groups in total. The zero-order valence-electron chi connectivity index (χ0n) is 8.22. The van der Waals surface area contributed by atoms with Gasteiger partial charge in [0.15, 0.2) is 5.78 Å². The summed E-state index contributed by atoms with van der Waals surface area (Å²) in [5.41, 5.74) is 0.955. The second kappa shape index (κ2) is 4.14. The van der Waals surface area contributed by atoms with Crippen molar-refractivity contribution in [2.24, 2.45) is 5.92 Å². The molecule has 0 aromatic heterocycles. The Bertz CT molecular complexity index is 419. The van der Waals surface area contributed by atoms with Crippen LogP contribution in [0.15, 0.2) is 12.1 Å². The monoisotopic (exact) mass is 244 g/mol. The molecule has 1 atom stereocenters. The summed E-state index contributed by atoms with van der Waals surface area (Å²) >= 11 is 7.26. The predicted octanol–water partition coefficient (Wildman–Crippen LogP) is 3.54. The Morgan fingerprint density at radius 2 is 2.27 bits per heavy atom. The zero-order valence-corrected chi connectivity index (χ0v) is 9.79. The fourth-order valence-electron chi connectivity index (χ4n) is 1.64. The van der Waals surface area contributed by atoms with Crippen LogP contribution in [0.3, 0.4) is 0 Å². The highest BCUT2D eigenvalue weighted by molar-refractivity contribution is 7.98. The Kier molecular flexibility index (Phi) is 3.03. The topological polar surface area (TPSA) is 17.1 Å². The summed E-state index contributed by atoms with van der Waals surface area (Å²) in [5, 5.41) is 0.0942. The second-order valence-electron chi connectivity index (χ2n) is 3.67. The Hall–Kier alpha value is -0.540. The van der Waals surface area contributed by atoms with Gasteiger partial charge in [-0.1, -0.05) is 18.5 Å². The van der Waals surface area contributed by atoms with Gasteiger partial charge in [0.05, 0.1) is 5.02 Å². The highest BCUT2D eigenvalue weighted by Crippen LogP contribution is 2.31. The molecule has 15 heavy (non-hydrogen) atoms. The summed E-state index contributed by atoms with van der Waals surface area (Å²) < 4.78 is 13.7. The predicted molar refractivity (Wildman–Crippen MR) is 61.1 cm³/mol. The van der Waals surface area contributed by atoms with Crippen molar-refractivity contribution in [3.8, 4) is 0 Å². The summed E-state index contributed by atoms with van der Waals surface area (Å²) in [5.74, 6) is 0.800. The number of ketones is 1. The molecule has 1 nitrogen and oxygen atoms in total. The number of hydrogen-bond acceptors (Lipinski definition) is 2. The molecule has 1 aromatic rings. The first kappa shape index (κ1) is 11.0. The quantitative estimate of drug-likeness (QED) is 0.694. The maximum atomic E-state index is 13.7. The lowest BCUT2D eigenvalue weighted by Crippen LogP contribution is -2.13. The van der Waals surface area contributed by atoms with Gasteiger partial charge in [0.25, 0.3) is 0 Å². The van der Waals surface area contributed by atoms with Gasteiger partial charge in [-0.2, -0.15) is 11.8 Å². The number of halogens is 2. The average Bonchev–Trinajstić information content (AvgIpc) is 2.35. The smallest absolute Gasteiger partial charge is 0.166 e. The summed E-state index contributed by atoms with van der Waals surface area (Å²) in [6, 6.07) is 3.09. The molecule has 1 aromatic carbocycles. The standard InChI is InChI=1S/C11H10ClFOS/c1-6-4-15-5-8-7(11(6)14)2-3-9(12)10(8)13/h2-3,6H,4-5H2,1H3. The van der Waals surface area contributed by atoms with Gasteiger partial charge in [0, 0.05) is 28.6 Å². The molecule has 0 spiro atoms. The highest BCUT2D eigenvalue weighted by atomic mass is 35.5. The van der Waals surface area contributed by atoms with Crippen LogP contribution in [-0.4, -0.2) is 11.5 Å². The Labute approximate surface area is 97.0 Å². The van der Waals surface area contributed by atoms with Gasteiger partial charge in [-0.3, -0.25) is 4.79 Å². The lowest BCUT2D eigenvalue weighted by molar-refractivity contribution is 0.0941. The number of hydrogen-bond donors (Lipinski definition) is 0. The van der Waals surface area contributed by atoms with Crippen LogP contribution in [0, 0.1) is 11.7 Å². The van der Waals surface area contributed by atoms with E-state index in [1.165, 1.54) is 6.07 Å². The van der Waals surface area contributed by atoms with E-state index in [2.05, 4.69) is 0 Å². The Morgan fingerprint density at radius 1 is 1.53 bits per heavy atom. The molecule has 0 bridgehead atoms.